The lowest BCUT2D eigenvalue weighted by Gasteiger charge is -2.15. The zero-order valence-electron chi connectivity index (χ0n) is 11.3. The Morgan fingerprint density at radius 3 is 2.39 bits per heavy atom. The van der Waals surface area contributed by atoms with Crippen LogP contribution in [0.4, 0.5) is 0 Å². The first kappa shape index (κ1) is 15.0. The van der Waals surface area contributed by atoms with E-state index in [2.05, 4.69) is 5.32 Å². The lowest BCUT2D eigenvalue weighted by molar-refractivity contribution is 0.128. The van der Waals surface area contributed by atoms with Gasteiger partial charge in [-0.1, -0.05) is 12.1 Å². The Hall–Kier alpha value is -1.10. The summed E-state index contributed by atoms with van der Waals surface area (Å²) >= 11 is 0. The first-order valence-electron chi connectivity index (χ1n) is 6.24. The third-order valence-electron chi connectivity index (χ3n) is 2.48. The third kappa shape index (κ3) is 5.49. The SMILES string of the molecule is COCC(CO)NCc1ccc(OC(C)C)cc1. The van der Waals surface area contributed by atoms with Gasteiger partial charge in [0.05, 0.1) is 25.4 Å². The highest BCUT2D eigenvalue weighted by Gasteiger charge is 2.05. The number of rotatable bonds is 8. The molecule has 1 aromatic rings. The van der Waals surface area contributed by atoms with E-state index in [-0.39, 0.29) is 18.8 Å². The summed E-state index contributed by atoms with van der Waals surface area (Å²) in [5.41, 5.74) is 1.15. The number of hydrogen-bond acceptors (Lipinski definition) is 4. The van der Waals surface area contributed by atoms with E-state index in [1.807, 2.05) is 38.1 Å². The maximum absolute atomic E-state index is 9.12. The number of nitrogens with one attached hydrogen (secondary N) is 1. The molecule has 0 spiro atoms. The van der Waals surface area contributed by atoms with Gasteiger partial charge in [0.2, 0.25) is 0 Å². The van der Waals surface area contributed by atoms with Crippen LogP contribution in [0.2, 0.25) is 0 Å². The monoisotopic (exact) mass is 253 g/mol. The van der Waals surface area contributed by atoms with Gasteiger partial charge in [-0.25, -0.2) is 0 Å². The molecule has 0 bridgehead atoms. The highest BCUT2D eigenvalue weighted by molar-refractivity contribution is 5.27. The summed E-state index contributed by atoms with van der Waals surface area (Å²) in [6, 6.07) is 7.93. The number of methoxy groups -OCH3 is 1. The molecule has 1 atom stereocenters. The molecule has 0 aliphatic heterocycles. The Labute approximate surface area is 109 Å². The number of aliphatic hydroxyl groups is 1. The molecular formula is C14H23NO3. The van der Waals surface area contributed by atoms with Crippen molar-refractivity contribution in [2.24, 2.45) is 0 Å². The van der Waals surface area contributed by atoms with Crippen LogP contribution in [0, 0.1) is 0 Å². The molecule has 4 nitrogen and oxygen atoms in total. The molecule has 1 unspecified atom stereocenters. The summed E-state index contributed by atoms with van der Waals surface area (Å²) in [5.74, 6) is 0.879. The summed E-state index contributed by atoms with van der Waals surface area (Å²) in [7, 11) is 1.63. The summed E-state index contributed by atoms with van der Waals surface area (Å²) in [5, 5.41) is 12.3. The van der Waals surface area contributed by atoms with Crippen LogP contribution in [-0.4, -0.2) is 37.6 Å². The molecule has 0 heterocycles. The molecule has 0 amide bonds. The topological polar surface area (TPSA) is 50.7 Å². The van der Waals surface area contributed by atoms with Gasteiger partial charge in [-0.15, -0.1) is 0 Å². The Bertz CT molecular complexity index is 324. The van der Waals surface area contributed by atoms with Gasteiger partial charge in [-0.05, 0) is 31.5 Å². The van der Waals surface area contributed by atoms with E-state index in [4.69, 9.17) is 14.6 Å². The Kier molecular flexibility index (Phi) is 6.72. The van der Waals surface area contributed by atoms with E-state index >= 15 is 0 Å². The Morgan fingerprint density at radius 1 is 1.22 bits per heavy atom. The molecule has 0 aliphatic rings. The summed E-state index contributed by atoms with van der Waals surface area (Å²) in [6.07, 6.45) is 0.189. The quantitative estimate of drug-likeness (QED) is 0.738. The molecular weight excluding hydrogens is 230 g/mol. The zero-order chi connectivity index (χ0) is 13.4. The highest BCUT2D eigenvalue weighted by atomic mass is 16.5. The first-order chi connectivity index (χ1) is 8.65. The maximum atomic E-state index is 9.12. The van der Waals surface area contributed by atoms with Gasteiger partial charge in [0, 0.05) is 13.7 Å². The van der Waals surface area contributed by atoms with E-state index in [0.717, 1.165) is 11.3 Å². The van der Waals surface area contributed by atoms with Gasteiger partial charge in [0.1, 0.15) is 5.75 Å². The largest absolute Gasteiger partial charge is 0.491 e. The predicted molar refractivity (Wildman–Crippen MR) is 71.8 cm³/mol. The summed E-state index contributed by atoms with van der Waals surface area (Å²) in [4.78, 5) is 0. The predicted octanol–water partition coefficient (Wildman–Crippen LogP) is 1.57. The van der Waals surface area contributed by atoms with E-state index < -0.39 is 0 Å². The van der Waals surface area contributed by atoms with Crippen LogP contribution in [0.25, 0.3) is 0 Å². The molecule has 0 saturated carbocycles. The van der Waals surface area contributed by atoms with E-state index in [1.165, 1.54) is 0 Å². The second-order valence-electron chi connectivity index (χ2n) is 4.53. The van der Waals surface area contributed by atoms with Crippen molar-refractivity contribution in [3.05, 3.63) is 29.8 Å². The van der Waals surface area contributed by atoms with Crippen molar-refractivity contribution in [1.82, 2.24) is 5.32 Å². The molecule has 0 aromatic heterocycles. The molecule has 102 valence electrons. The molecule has 1 aromatic carbocycles. The second kappa shape index (κ2) is 8.08. The zero-order valence-corrected chi connectivity index (χ0v) is 11.3. The summed E-state index contributed by atoms with van der Waals surface area (Å²) in [6.45, 7) is 5.29. The number of hydrogen-bond donors (Lipinski definition) is 2. The molecule has 1 rings (SSSR count). The molecule has 4 heteroatoms. The molecule has 0 aliphatic carbocycles. The average Bonchev–Trinajstić information content (AvgIpc) is 2.35. The fraction of sp³-hybridized carbons (Fsp3) is 0.571. The van der Waals surface area contributed by atoms with Crippen LogP contribution in [0.5, 0.6) is 5.75 Å². The molecule has 2 N–H and O–H groups in total. The van der Waals surface area contributed by atoms with Crippen LogP contribution in [0.15, 0.2) is 24.3 Å². The van der Waals surface area contributed by atoms with Gasteiger partial charge in [0.15, 0.2) is 0 Å². The Morgan fingerprint density at radius 2 is 1.89 bits per heavy atom. The standard InChI is InChI=1S/C14H23NO3/c1-11(2)18-14-6-4-12(5-7-14)8-15-13(9-16)10-17-3/h4-7,11,13,15-16H,8-10H2,1-3H3. The van der Waals surface area contributed by atoms with Gasteiger partial charge < -0.3 is 19.9 Å². The van der Waals surface area contributed by atoms with Crippen molar-refractivity contribution in [1.29, 1.82) is 0 Å². The number of benzene rings is 1. The maximum Gasteiger partial charge on any atom is 0.119 e. The average molecular weight is 253 g/mol. The normalized spacial score (nSPS) is 12.7. The van der Waals surface area contributed by atoms with Crippen molar-refractivity contribution in [2.75, 3.05) is 20.3 Å². The smallest absolute Gasteiger partial charge is 0.119 e. The Balaban J connectivity index is 2.43. The molecule has 18 heavy (non-hydrogen) atoms. The van der Waals surface area contributed by atoms with Gasteiger partial charge in [-0.2, -0.15) is 0 Å². The molecule has 0 saturated heterocycles. The number of ether oxygens (including phenoxy) is 2. The second-order valence-corrected chi connectivity index (χ2v) is 4.53. The minimum atomic E-state index is -0.0263. The van der Waals surface area contributed by atoms with Crippen LogP contribution < -0.4 is 10.1 Å². The third-order valence-corrected chi connectivity index (χ3v) is 2.48. The van der Waals surface area contributed by atoms with Crippen LogP contribution in [0.3, 0.4) is 0 Å². The van der Waals surface area contributed by atoms with E-state index in [1.54, 1.807) is 7.11 Å². The molecule has 0 radical (unpaired) electrons. The van der Waals surface area contributed by atoms with Crippen molar-refractivity contribution in [3.8, 4) is 5.75 Å². The fourth-order valence-electron chi connectivity index (χ4n) is 1.60. The lowest BCUT2D eigenvalue weighted by atomic mass is 10.2. The van der Waals surface area contributed by atoms with Gasteiger partial charge in [-0.3, -0.25) is 0 Å². The summed E-state index contributed by atoms with van der Waals surface area (Å²) < 4.78 is 10.6. The van der Waals surface area contributed by atoms with Crippen molar-refractivity contribution < 1.29 is 14.6 Å². The minimum Gasteiger partial charge on any atom is -0.491 e. The van der Waals surface area contributed by atoms with E-state index in [0.29, 0.717) is 13.2 Å². The lowest BCUT2D eigenvalue weighted by Crippen LogP contribution is -2.35. The van der Waals surface area contributed by atoms with Gasteiger partial charge >= 0.3 is 0 Å². The van der Waals surface area contributed by atoms with Crippen LogP contribution in [-0.2, 0) is 11.3 Å². The van der Waals surface area contributed by atoms with E-state index in [9.17, 15) is 0 Å². The van der Waals surface area contributed by atoms with Crippen LogP contribution >= 0.6 is 0 Å². The van der Waals surface area contributed by atoms with Gasteiger partial charge in [0.25, 0.3) is 0 Å². The first-order valence-corrected chi connectivity index (χ1v) is 6.24. The minimum absolute atomic E-state index is 0.0263. The van der Waals surface area contributed by atoms with Crippen LogP contribution in [0.1, 0.15) is 19.4 Å². The molecule has 0 fully saturated rings. The van der Waals surface area contributed by atoms with Crippen molar-refractivity contribution in [3.63, 3.8) is 0 Å². The fourth-order valence-corrected chi connectivity index (χ4v) is 1.60. The number of aliphatic hydroxyl groups excluding tert-OH is 1. The van der Waals surface area contributed by atoms with Crippen molar-refractivity contribution in [2.45, 2.75) is 32.5 Å². The highest BCUT2D eigenvalue weighted by Crippen LogP contribution is 2.13. The van der Waals surface area contributed by atoms with Crippen molar-refractivity contribution >= 4 is 0 Å².